The molecule has 3 aromatic rings. The molecule has 2 fully saturated rings. The largest absolute Gasteiger partial charge is 0.481 e. The van der Waals surface area contributed by atoms with Crippen LogP contribution in [0.15, 0.2) is 48.5 Å². The van der Waals surface area contributed by atoms with Gasteiger partial charge in [0, 0.05) is 49.6 Å². The number of pyridine rings is 1. The number of aromatic nitrogens is 1. The number of methoxy groups -OCH3 is 1. The Morgan fingerprint density at radius 3 is 2.77 bits per heavy atom. The first-order valence-electron chi connectivity index (χ1n) is 12.1. The van der Waals surface area contributed by atoms with Crippen molar-refractivity contribution in [1.82, 2.24) is 20.1 Å². The van der Waals surface area contributed by atoms with Crippen LogP contribution in [0, 0.1) is 5.41 Å². The van der Waals surface area contributed by atoms with E-state index in [-0.39, 0.29) is 11.4 Å². The van der Waals surface area contributed by atoms with Crippen molar-refractivity contribution >= 4 is 40.1 Å². The summed E-state index contributed by atoms with van der Waals surface area (Å²) >= 11 is 12.3. The van der Waals surface area contributed by atoms with Crippen LogP contribution in [-0.2, 0) is 13.1 Å². The van der Waals surface area contributed by atoms with Crippen molar-refractivity contribution in [2.45, 2.75) is 32.4 Å². The number of rotatable bonds is 5. The first kappa shape index (κ1) is 24.2. The fraction of sp³-hybridized carbons (Fsp3) is 0.407. The molecule has 8 heteroatoms. The number of piperidine rings is 1. The van der Waals surface area contributed by atoms with Gasteiger partial charge in [0.1, 0.15) is 0 Å². The van der Waals surface area contributed by atoms with Crippen molar-refractivity contribution < 1.29 is 9.53 Å². The minimum Gasteiger partial charge on any atom is -0.481 e. The number of amides is 2. The number of urea groups is 1. The van der Waals surface area contributed by atoms with Crippen LogP contribution in [0.5, 0.6) is 5.88 Å². The van der Waals surface area contributed by atoms with Crippen LogP contribution >= 0.6 is 23.2 Å². The number of carbonyl (C=O) groups excluding carboxylic acids is 1. The van der Waals surface area contributed by atoms with E-state index >= 15 is 0 Å². The highest BCUT2D eigenvalue weighted by Gasteiger charge is 2.42. The van der Waals surface area contributed by atoms with Gasteiger partial charge in [-0.3, -0.25) is 4.90 Å². The van der Waals surface area contributed by atoms with Crippen LogP contribution < -0.4 is 10.1 Å². The maximum atomic E-state index is 13.2. The summed E-state index contributed by atoms with van der Waals surface area (Å²) in [5, 5.41) is 5.35. The lowest BCUT2D eigenvalue weighted by atomic mass is 9.79. The highest BCUT2D eigenvalue weighted by molar-refractivity contribution is 6.42. The molecule has 0 radical (unpaired) electrons. The zero-order chi connectivity index (χ0) is 24.4. The summed E-state index contributed by atoms with van der Waals surface area (Å²) in [6.45, 7) is 4.88. The molecule has 0 bridgehead atoms. The van der Waals surface area contributed by atoms with E-state index in [4.69, 9.17) is 27.9 Å². The number of nitrogens with one attached hydrogen (secondary N) is 1. The molecule has 6 nitrogen and oxygen atoms in total. The predicted molar refractivity (Wildman–Crippen MR) is 140 cm³/mol. The third-order valence-electron chi connectivity index (χ3n) is 7.27. The second-order valence-corrected chi connectivity index (χ2v) is 10.5. The monoisotopic (exact) mass is 512 g/mol. The van der Waals surface area contributed by atoms with E-state index in [1.807, 2.05) is 53.4 Å². The van der Waals surface area contributed by atoms with Crippen molar-refractivity contribution in [3.8, 4) is 5.88 Å². The standard InChI is InChI=1S/C27H30Cl2N4O2/c1-35-25-14-20(21-5-2-3-6-24(21)31-25)15-30-26(34)33-11-4-9-27(18-33)10-12-32(17-27)16-19-7-8-22(28)23(29)13-19/h2-3,5-8,13-14H,4,9-12,15-18H2,1H3,(H,30,34). The molecule has 2 saturated heterocycles. The lowest BCUT2D eigenvalue weighted by molar-refractivity contribution is 0.107. The molecular formula is C27H30Cl2N4O2. The SMILES string of the molecule is COc1cc(CNC(=O)N2CCCC3(CCN(Cc4ccc(Cl)c(Cl)c4)C3)C2)c2ccccc2n1. The number of para-hydroxylation sites is 1. The number of nitrogens with zero attached hydrogens (tertiary/aromatic N) is 3. The zero-order valence-corrected chi connectivity index (χ0v) is 21.4. The molecule has 2 aromatic carbocycles. The van der Waals surface area contributed by atoms with Crippen molar-refractivity contribution in [2.24, 2.45) is 5.41 Å². The fourth-order valence-corrected chi connectivity index (χ4v) is 5.85. The van der Waals surface area contributed by atoms with Gasteiger partial charge in [0.25, 0.3) is 0 Å². The van der Waals surface area contributed by atoms with Crippen molar-refractivity contribution in [3.05, 3.63) is 69.7 Å². The van der Waals surface area contributed by atoms with Crippen LogP contribution in [-0.4, -0.2) is 54.1 Å². The van der Waals surface area contributed by atoms with Crippen LogP contribution in [0.25, 0.3) is 10.9 Å². The number of benzene rings is 2. The number of hydrogen-bond acceptors (Lipinski definition) is 4. The Bertz CT molecular complexity index is 1240. The van der Waals surface area contributed by atoms with Crippen LogP contribution in [0.3, 0.4) is 0 Å². The van der Waals surface area contributed by atoms with Gasteiger partial charge in [-0.1, -0.05) is 47.5 Å². The van der Waals surface area contributed by atoms with Gasteiger partial charge in [0.05, 0.1) is 22.7 Å². The molecule has 1 N–H and O–H groups in total. The van der Waals surface area contributed by atoms with E-state index in [2.05, 4.69) is 15.2 Å². The highest BCUT2D eigenvalue weighted by Crippen LogP contribution is 2.39. The predicted octanol–water partition coefficient (Wildman–Crippen LogP) is 5.75. The first-order valence-corrected chi connectivity index (χ1v) is 12.8. The van der Waals surface area contributed by atoms with Gasteiger partial charge in [-0.15, -0.1) is 0 Å². The van der Waals surface area contributed by atoms with E-state index in [1.165, 1.54) is 5.56 Å². The Morgan fingerprint density at radius 2 is 1.94 bits per heavy atom. The molecule has 1 spiro atoms. The molecule has 3 heterocycles. The van der Waals surface area contributed by atoms with Gasteiger partial charge in [-0.05, 0) is 55.1 Å². The highest BCUT2D eigenvalue weighted by atomic mass is 35.5. The van der Waals surface area contributed by atoms with Gasteiger partial charge in [-0.25, -0.2) is 9.78 Å². The molecule has 0 aliphatic carbocycles. The third-order valence-corrected chi connectivity index (χ3v) is 8.01. The Labute approximate surface area is 216 Å². The van der Waals surface area contributed by atoms with Crippen LogP contribution in [0.4, 0.5) is 4.79 Å². The normalized spacial score (nSPS) is 20.5. The molecule has 2 aliphatic heterocycles. The number of ether oxygens (including phenoxy) is 1. The summed E-state index contributed by atoms with van der Waals surface area (Å²) in [5.74, 6) is 0.554. The molecule has 1 unspecified atom stereocenters. The number of halogens is 2. The van der Waals surface area contributed by atoms with E-state index in [9.17, 15) is 4.79 Å². The average molecular weight is 513 g/mol. The minimum atomic E-state index is -0.00753. The number of likely N-dealkylation sites (tertiary alicyclic amines) is 2. The third kappa shape index (κ3) is 5.35. The topological polar surface area (TPSA) is 57.7 Å². The first-order chi connectivity index (χ1) is 16.9. The Kier molecular flexibility index (Phi) is 7.05. The van der Waals surface area contributed by atoms with E-state index in [0.29, 0.717) is 22.5 Å². The summed E-state index contributed by atoms with van der Waals surface area (Å²) in [6, 6.07) is 15.7. The Balaban J connectivity index is 1.21. The lowest BCUT2D eigenvalue weighted by Gasteiger charge is -2.40. The molecule has 1 atom stereocenters. The van der Waals surface area contributed by atoms with E-state index in [1.54, 1.807) is 7.11 Å². The quantitative estimate of drug-likeness (QED) is 0.472. The molecular weight excluding hydrogens is 483 g/mol. The summed E-state index contributed by atoms with van der Waals surface area (Å²) in [4.78, 5) is 22.1. The van der Waals surface area contributed by atoms with Gasteiger partial charge >= 0.3 is 6.03 Å². The Hall–Kier alpha value is -2.54. The lowest BCUT2D eigenvalue weighted by Crippen LogP contribution is -2.50. The van der Waals surface area contributed by atoms with E-state index < -0.39 is 0 Å². The zero-order valence-electron chi connectivity index (χ0n) is 19.9. The van der Waals surface area contributed by atoms with Crippen molar-refractivity contribution in [3.63, 3.8) is 0 Å². The molecule has 1 aromatic heterocycles. The molecule has 2 aliphatic rings. The van der Waals surface area contributed by atoms with Crippen molar-refractivity contribution in [1.29, 1.82) is 0 Å². The molecule has 184 valence electrons. The van der Waals surface area contributed by atoms with Crippen LogP contribution in [0.1, 0.15) is 30.4 Å². The molecule has 35 heavy (non-hydrogen) atoms. The van der Waals surface area contributed by atoms with Gasteiger partial charge in [0.15, 0.2) is 0 Å². The fourth-order valence-electron chi connectivity index (χ4n) is 5.53. The number of hydrogen-bond donors (Lipinski definition) is 1. The summed E-state index contributed by atoms with van der Waals surface area (Å²) < 4.78 is 5.36. The summed E-state index contributed by atoms with van der Waals surface area (Å²) in [7, 11) is 1.61. The second kappa shape index (κ2) is 10.2. The van der Waals surface area contributed by atoms with Gasteiger partial charge in [-0.2, -0.15) is 0 Å². The summed E-state index contributed by atoms with van der Waals surface area (Å²) in [6.07, 6.45) is 3.28. The number of fused-ring (bicyclic) bond motifs is 1. The van der Waals surface area contributed by atoms with Crippen LogP contribution in [0.2, 0.25) is 10.0 Å². The average Bonchev–Trinajstić information content (AvgIpc) is 3.25. The summed E-state index contributed by atoms with van der Waals surface area (Å²) in [5.41, 5.74) is 3.18. The minimum absolute atomic E-state index is 0.00753. The maximum absolute atomic E-state index is 13.2. The van der Waals surface area contributed by atoms with Gasteiger partial charge in [0.2, 0.25) is 5.88 Å². The number of carbonyl (C=O) groups is 1. The molecule has 2 amide bonds. The van der Waals surface area contributed by atoms with Crippen molar-refractivity contribution in [2.75, 3.05) is 33.3 Å². The van der Waals surface area contributed by atoms with E-state index in [0.717, 1.165) is 68.5 Å². The Morgan fingerprint density at radius 1 is 1.09 bits per heavy atom. The van der Waals surface area contributed by atoms with Gasteiger partial charge < -0.3 is 15.0 Å². The molecule has 0 saturated carbocycles. The maximum Gasteiger partial charge on any atom is 0.317 e. The second-order valence-electron chi connectivity index (χ2n) is 9.73. The molecule has 5 rings (SSSR count). The smallest absolute Gasteiger partial charge is 0.317 e.